The summed E-state index contributed by atoms with van der Waals surface area (Å²) in [5.41, 5.74) is 1.01. The van der Waals surface area contributed by atoms with Crippen molar-refractivity contribution in [2.45, 2.75) is 0 Å². The number of hydrogen-bond donors (Lipinski definition) is 1. The number of aromatic nitrogens is 2. The van der Waals surface area contributed by atoms with Crippen LogP contribution in [0, 0.1) is 3.57 Å². The lowest BCUT2D eigenvalue weighted by Crippen LogP contribution is -1.99. The SMILES string of the molecule is O=C(O)c1cccc(-n2cc(I)cn2)c1. The summed E-state index contributed by atoms with van der Waals surface area (Å²) in [5, 5.41) is 12.9. The molecule has 0 spiro atoms. The third kappa shape index (κ3) is 2.17. The number of benzene rings is 1. The molecular formula is C10H7IN2O2. The fraction of sp³-hybridized carbons (Fsp3) is 0. The minimum Gasteiger partial charge on any atom is -0.478 e. The van der Waals surface area contributed by atoms with E-state index in [4.69, 9.17) is 5.11 Å². The van der Waals surface area contributed by atoms with Crippen molar-refractivity contribution in [2.24, 2.45) is 0 Å². The van der Waals surface area contributed by atoms with Crippen LogP contribution in [-0.4, -0.2) is 20.9 Å². The summed E-state index contributed by atoms with van der Waals surface area (Å²) in [6.45, 7) is 0. The molecule has 0 aliphatic heterocycles. The first-order chi connectivity index (χ1) is 7.16. The summed E-state index contributed by atoms with van der Waals surface area (Å²) in [7, 11) is 0. The van der Waals surface area contributed by atoms with Crippen molar-refractivity contribution in [2.75, 3.05) is 0 Å². The van der Waals surface area contributed by atoms with Gasteiger partial charge in [0.2, 0.25) is 0 Å². The summed E-state index contributed by atoms with van der Waals surface area (Å²) in [6.07, 6.45) is 3.55. The number of hydrogen-bond acceptors (Lipinski definition) is 2. The number of aromatic carboxylic acids is 1. The van der Waals surface area contributed by atoms with Crippen molar-refractivity contribution in [3.63, 3.8) is 0 Å². The molecule has 4 nitrogen and oxygen atoms in total. The van der Waals surface area contributed by atoms with Crippen LogP contribution in [0.1, 0.15) is 10.4 Å². The first-order valence-corrected chi connectivity index (χ1v) is 5.28. The number of rotatable bonds is 2. The Morgan fingerprint density at radius 1 is 1.47 bits per heavy atom. The predicted octanol–water partition coefficient (Wildman–Crippen LogP) is 2.18. The van der Waals surface area contributed by atoms with Gasteiger partial charge in [0.15, 0.2) is 0 Å². The molecule has 1 aromatic heterocycles. The normalized spacial score (nSPS) is 10.2. The second kappa shape index (κ2) is 4.01. The molecular weight excluding hydrogens is 307 g/mol. The number of carbonyl (C=O) groups is 1. The van der Waals surface area contributed by atoms with Crippen molar-refractivity contribution in [1.29, 1.82) is 0 Å². The molecule has 0 fully saturated rings. The van der Waals surface area contributed by atoms with Gasteiger partial charge >= 0.3 is 5.97 Å². The molecule has 2 aromatic rings. The quantitative estimate of drug-likeness (QED) is 0.865. The molecule has 0 unspecified atom stereocenters. The highest BCUT2D eigenvalue weighted by molar-refractivity contribution is 14.1. The van der Waals surface area contributed by atoms with Gasteiger partial charge in [0.1, 0.15) is 0 Å². The van der Waals surface area contributed by atoms with E-state index in [0.717, 1.165) is 9.26 Å². The maximum atomic E-state index is 10.8. The molecule has 2 rings (SSSR count). The maximum absolute atomic E-state index is 10.8. The molecule has 1 aromatic carbocycles. The minimum atomic E-state index is -0.932. The van der Waals surface area contributed by atoms with Gasteiger partial charge in [-0.3, -0.25) is 0 Å². The smallest absolute Gasteiger partial charge is 0.335 e. The molecule has 5 heteroatoms. The highest BCUT2D eigenvalue weighted by Gasteiger charge is 2.04. The fourth-order valence-corrected chi connectivity index (χ4v) is 1.61. The number of nitrogens with zero attached hydrogens (tertiary/aromatic N) is 2. The first kappa shape index (κ1) is 10.2. The monoisotopic (exact) mass is 314 g/mol. The Balaban J connectivity index is 2.45. The molecule has 76 valence electrons. The van der Waals surface area contributed by atoms with E-state index < -0.39 is 5.97 Å². The third-order valence-electron chi connectivity index (χ3n) is 1.91. The van der Waals surface area contributed by atoms with E-state index in [2.05, 4.69) is 27.7 Å². The first-order valence-electron chi connectivity index (χ1n) is 4.21. The molecule has 0 saturated carbocycles. The number of halogens is 1. The highest BCUT2D eigenvalue weighted by atomic mass is 127. The van der Waals surface area contributed by atoms with Gasteiger partial charge in [0.05, 0.1) is 21.0 Å². The Morgan fingerprint density at radius 3 is 2.87 bits per heavy atom. The lowest BCUT2D eigenvalue weighted by atomic mass is 10.2. The zero-order valence-corrected chi connectivity index (χ0v) is 9.75. The van der Waals surface area contributed by atoms with Crippen LogP contribution in [0.2, 0.25) is 0 Å². The van der Waals surface area contributed by atoms with E-state index in [0.29, 0.717) is 0 Å². The van der Waals surface area contributed by atoms with Crippen LogP contribution in [0.3, 0.4) is 0 Å². The number of carboxylic acid groups (broad SMARTS) is 1. The molecule has 0 saturated heterocycles. The van der Waals surface area contributed by atoms with Gasteiger partial charge < -0.3 is 5.11 Å². The molecule has 1 heterocycles. The van der Waals surface area contributed by atoms with Crippen LogP contribution in [-0.2, 0) is 0 Å². The Kier molecular flexibility index (Phi) is 2.72. The van der Waals surface area contributed by atoms with Crippen LogP contribution in [0.25, 0.3) is 5.69 Å². The van der Waals surface area contributed by atoms with Gasteiger partial charge in [-0.05, 0) is 40.8 Å². The van der Waals surface area contributed by atoms with Crippen molar-refractivity contribution in [3.05, 3.63) is 45.8 Å². The maximum Gasteiger partial charge on any atom is 0.335 e. The predicted molar refractivity (Wildman–Crippen MR) is 63.2 cm³/mol. The standard InChI is InChI=1S/C10H7IN2O2/c11-8-5-12-13(6-8)9-3-1-2-7(4-9)10(14)15/h1-6H,(H,14,15). The summed E-state index contributed by atoms with van der Waals surface area (Å²) in [4.78, 5) is 10.8. The average molecular weight is 314 g/mol. The highest BCUT2D eigenvalue weighted by Crippen LogP contribution is 2.11. The average Bonchev–Trinajstić information content (AvgIpc) is 2.65. The van der Waals surface area contributed by atoms with Gasteiger partial charge in [-0.1, -0.05) is 6.07 Å². The van der Waals surface area contributed by atoms with Crippen molar-refractivity contribution < 1.29 is 9.90 Å². The molecule has 15 heavy (non-hydrogen) atoms. The van der Waals surface area contributed by atoms with Crippen molar-refractivity contribution >= 4 is 28.6 Å². The Bertz CT molecular complexity index is 508. The molecule has 0 radical (unpaired) electrons. The van der Waals surface area contributed by atoms with E-state index in [9.17, 15) is 4.79 Å². The lowest BCUT2D eigenvalue weighted by molar-refractivity contribution is 0.0697. The summed E-state index contributed by atoms with van der Waals surface area (Å²) < 4.78 is 2.65. The van der Waals surface area contributed by atoms with Crippen molar-refractivity contribution in [1.82, 2.24) is 9.78 Å². The number of carboxylic acids is 1. The fourth-order valence-electron chi connectivity index (χ4n) is 1.22. The minimum absolute atomic E-state index is 0.262. The largest absolute Gasteiger partial charge is 0.478 e. The molecule has 0 amide bonds. The Hall–Kier alpha value is -1.37. The van der Waals surface area contributed by atoms with E-state index in [1.807, 2.05) is 12.3 Å². The van der Waals surface area contributed by atoms with Gasteiger partial charge in [0, 0.05) is 6.20 Å². The molecule has 0 aliphatic carbocycles. The van der Waals surface area contributed by atoms with Gasteiger partial charge in [-0.25, -0.2) is 9.48 Å². The molecule has 1 N–H and O–H groups in total. The van der Waals surface area contributed by atoms with Crippen LogP contribution >= 0.6 is 22.6 Å². The molecule has 0 aliphatic rings. The van der Waals surface area contributed by atoms with Crippen LogP contribution < -0.4 is 0 Å². The molecule has 0 atom stereocenters. The third-order valence-corrected chi connectivity index (χ3v) is 2.47. The van der Waals surface area contributed by atoms with E-state index in [1.165, 1.54) is 0 Å². The van der Waals surface area contributed by atoms with Gasteiger partial charge in [-0.2, -0.15) is 5.10 Å². The summed E-state index contributed by atoms with van der Waals surface area (Å²) in [5.74, 6) is -0.932. The molecule has 0 bridgehead atoms. The van der Waals surface area contributed by atoms with E-state index in [1.54, 1.807) is 29.1 Å². The van der Waals surface area contributed by atoms with E-state index in [-0.39, 0.29) is 5.56 Å². The van der Waals surface area contributed by atoms with Gasteiger partial charge in [-0.15, -0.1) is 0 Å². The zero-order valence-electron chi connectivity index (χ0n) is 7.59. The van der Waals surface area contributed by atoms with Gasteiger partial charge in [0.25, 0.3) is 0 Å². The second-order valence-electron chi connectivity index (χ2n) is 2.96. The topological polar surface area (TPSA) is 55.1 Å². The Labute approximate surface area is 99.7 Å². The zero-order chi connectivity index (χ0) is 10.8. The summed E-state index contributed by atoms with van der Waals surface area (Å²) in [6, 6.07) is 6.66. The van der Waals surface area contributed by atoms with E-state index >= 15 is 0 Å². The lowest BCUT2D eigenvalue weighted by Gasteiger charge is -2.01. The van der Waals surface area contributed by atoms with Crippen molar-refractivity contribution in [3.8, 4) is 5.69 Å². The second-order valence-corrected chi connectivity index (χ2v) is 4.20. The van der Waals surface area contributed by atoms with Crippen LogP contribution in [0.15, 0.2) is 36.7 Å². The Morgan fingerprint density at radius 2 is 2.27 bits per heavy atom. The summed E-state index contributed by atoms with van der Waals surface area (Å²) >= 11 is 2.15. The van der Waals surface area contributed by atoms with Crippen LogP contribution in [0.4, 0.5) is 0 Å². The van der Waals surface area contributed by atoms with Crippen LogP contribution in [0.5, 0.6) is 0 Å².